The quantitative estimate of drug-likeness (QED) is 0.827. The van der Waals surface area contributed by atoms with Crippen molar-refractivity contribution in [3.63, 3.8) is 0 Å². The molecule has 3 rings (SSSR count). The summed E-state index contributed by atoms with van der Waals surface area (Å²) in [5.41, 5.74) is 1.74. The second-order valence-electron chi connectivity index (χ2n) is 5.02. The highest BCUT2D eigenvalue weighted by molar-refractivity contribution is 5.49. The standard InChI is InChI=1S/C15H16N6/c1-12-10-17-11-19-15(12)21-6-4-20(5-7-21)14-8-13(9-16)2-3-18-14/h2-3,8,10-11H,4-7H2,1H3. The number of anilines is 2. The molecule has 1 fully saturated rings. The van der Waals surface area contributed by atoms with Gasteiger partial charge in [-0.1, -0.05) is 0 Å². The molecule has 0 aliphatic carbocycles. The highest BCUT2D eigenvalue weighted by Gasteiger charge is 2.20. The van der Waals surface area contributed by atoms with Gasteiger partial charge in [-0.2, -0.15) is 5.26 Å². The fourth-order valence-corrected chi connectivity index (χ4v) is 2.53. The van der Waals surface area contributed by atoms with Crippen LogP contribution in [0, 0.1) is 18.3 Å². The molecule has 2 aromatic heterocycles. The van der Waals surface area contributed by atoms with E-state index in [0.717, 1.165) is 43.4 Å². The van der Waals surface area contributed by atoms with E-state index in [0.29, 0.717) is 5.56 Å². The topological polar surface area (TPSA) is 68.9 Å². The SMILES string of the molecule is Cc1cncnc1N1CCN(c2cc(C#N)ccn2)CC1. The number of aromatic nitrogens is 3. The first kappa shape index (κ1) is 13.3. The molecule has 1 aliphatic rings. The Bertz CT molecular complexity index is 670. The van der Waals surface area contributed by atoms with Crippen molar-refractivity contribution in [3.8, 4) is 6.07 Å². The molecule has 0 aromatic carbocycles. The minimum atomic E-state index is 0.647. The summed E-state index contributed by atoms with van der Waals surface area (Å²) in [7, 11) is 0. The lowest BCUT2D eigenvalue weighted by Gasteiger charge is -2.36. The van der Waals surface area contributed by atoms with Crippen LogP contribution in [-0.4, -0.2) is 41.1 Å². The van der Waals surface area contributed by atoms with Gasteiger partial charge >= 0.3 is 0 Å². The Hall–Kier alpha value is -2.68. The van der Waals surface area contributed by atoms with Crippen molar-refractivity contribution in [1.29, 1.82) is 5.26 Å². The average Bonchev–Trinajstić information content (AvgIpc) is 2.56. The fraction of sp³-hybridized carbons (Fsp3) is 0.333. The Kier molecular flexibility index (Phi) is 3.65. The van der Waals surface area contributed by atoms with Crippen LogP contribution in [0.1, 0.15) is 11.1 Å². The van der Waals surface area contributed by atoms with E-state index in [1.54, 1.807) is 18.6 Å². The third-order valence-corrected chi connectivity index (χ3v) is 3.65. The van der Waals surface area contributed by atoms with Crippen molar-refractivity contribution in [2.24, 2.45) is 0 Å². The fourth-order valence-electron chi connectivity index (χ4n) is 2.53. The summed E-state index contributed by atoms with van der Waals surface area (Å²) in [5, 5.41) is 8.96. The van der Waals surface area contributed by atoms with E-state index < -0.39 is 0 Å². The Labute approximate surface area is 123 Å². The molecule has 2 aromatic rings. The van der Waals surface area contributed by atoms with Gasteiger partial charge < -0.3 is 9.80 Å². The van der Waals surface area contributed by atoms with Crippen LogP contribution in [0.15, 0.2) is 30.9 Å². The number of nitrogens with zero attached hydrogens (tertiary/aromatic N) is 6. The molecule has 0 radical (unpaired) electrons. The van der Waals surface area contributed by atoms with Crippen LogP contribution in [0.4, 0.5) is 11.6 Å². The molecule has 0 spiro atoms. The third kappa shape index (κ3) is 2.77. The van der Waals surface area contributed by atoms with E-state index in [9.17, 15) is 0 Å². The van der Waals surface area contributed by atoms with Crippen molar-refractivity contribution in [1.82, 2.24) is 15.0 Å². The van der Waals surface area contributed by atoms with Crippen LogP contribution in [0.5, 0.6) is 0 Å². The average molecular weight is 280 g/mol. The predicted molar refractivity (Wildman–Crippen MR) is 80.1 cm³/mol. The molecule has 0 amide bonds. The molecule has 21 heavy (non-hydrogen) atoms. The van der Waals surface area contributed by atoms with Gasteiger partial charge in [0.05, 0.1) is 11.6 Å². The Balaban J connectivity index is 1.71. The van der Waals surface area contributed by atoms with E-state index >= 15 is 0 Å². The van der Waals surface area contributed by atoms with Gasteiger partial charge in [0.2, 0.25) is 0 Å². The van der Waals surface area contributed by atoms with Crippen LogP contribution >= 0.6 is 0 Å². The molecule has 0 atom stereocenters. The molecule has 106 valence electrons. The normalized spacial score (nSPS) is 14.9. The van der Waals surface area contributed by atoms with Gasteiger partial charge in [-0.25, -0.2) is 15.0 Å². The lowest BCUT2D eigenvalue weighted by atomic mass is 10.2. The number of piperazine rings is 1. The largest absolute Gasteiger partial charge is 0.353 e. The van der Waals surface area contributed by atoms with E-state index in [1.165, 1.54) is 0 Å². The molecule has 0 bridgehead atoms. The van der Waals surface area contributed by atoms with Gasteiger partial charge in [-0.3, -0.25) is 0 Å². The van der Waals surface area contributed by atoms with Crippen molar-refractivity contribution in [2.75, 3.05) is 36.0 Å². The number of rotatable bonds is 2. The zero-order valence-electron chi connectivity index (χ0n) is 11.9. The summed E-state index contributed by atoms with van der Waals surface area (Å²) in [4.78, 5) is 17.2. The monoisotopic (exact) mass is 280 g/mol. The summed E-state index contributed by atoms with van der Waals surface area (Å²) < 4.78 is 0. The van der Waals surface area contributed by atoms with Crippen LogP contribution in [0.2, 0.25) is 0 Å². The maximum Gasteiger partial charge on any atom is 0.134 e. The van der Waals surface area contributed by atoms with Crippen molar-refractivity contribution in [3.05, 3.63) is 42.0 Å². The first-order chi connectivity index (χ1) is 10.3. The second-order valence-corrected chi connectivity index (χ2v) is 5.02. The van der Waals surface area contributed by atoms with Crippen molar-refractivity contribution in [2.45, 2.75) is 6.92 Å². The van der Waals surface area contributed by atoms with E-state index in [-0.39, 0.29) is 0 Å². The van der Waals surface area contributed by atoms with Crippen molar-refractivity contribution >= 4 is 11.6 Å². The Morgan fingerprint density at radius 2 is 1.90 bits per heavy atom. The van der Waals surface area contributed by atoms with Crippen LogP contribution < -0.4 is 9.80 Å². The molecular weight excluding hydrogens is 264 g/mol. The molecule has 1 aliphatic heterocycles. The molecule has 6 nitrogen and oxygen atoms in total. The molecule has 6 heteroatoms. The zero-order chi connectivity index (χ0) is 14.7. The molecule has 0 N–H and O–H groups in total. The lowest BCUT2D eigenvalue weighted by molar-refractivity contribution is 0.639. The first-order valence-electron chi connectivity index (χ1n) is 6.90. The van der Waals surface area contributed by atoms with Gasteiger partial charge in [-0.15, -0.1) is 0 Å². The summed E-state index contributed by atoms with van der Waals surface area (Å²) >= 11 is 0. The van der Waals surface area contributed by atoms with Gasteiger partial charge in [0, 0.05) is 44.1 Å². The van der Waals surface area contributed by atoms with Gasteiger partial charge in [0.1, 0.15) is 18.0 Å². The van der Waals surface area contributed by atoms with E-state index in [1.807, 2.05) is 19.2 Å². The van der Waals surface area contributed by atoms with Crippen LogP contribution in [0.25, 0.3) is 0 Å². The van der Waals surface area contributed by atoms with Crippen LogP contribution in [0.3, 0.4) is 0 Å². The number of hydrogen-bond acceptors (Lipinski definition) is 6. The summed E-state index contributed by atoms with van der Waals surface area (Å²) in [6, 6.07) is 5.72. The number of pyridine rings is 1. The Morgan fingerprint density at radius 3 is 2.62 bits per heavy atom. The van der Waals surface area contributed by atoms with Crippen LogP contribution in [-0.2, 0) is 0 Å². The summed E-state index contributed by atoms with van der Waals surface area (Å²) in [6.45, 7) is 5.53. The lowest BCUT2D eigenvalue weighted by Crippen LogP contribution is -2.47. The second kappa shape index (κ2) is 5.75. The van der Waals surface area contributed by atoms with E-state index in [4.69, 9.17) is 5.26 Å². The minimum Gasteiger partial charge on any atom is -0.353 e. The van der Waals surface area contributed by atoms with Gasteiger partial charge in [0.15, 0.2) is 0 Å². The Morgan fingerprint density at radius 1 is 1.14 bits per heavy atom. The smallest absolute Gasteiger partial charge is 0.134 e. The number of hydrogen-bond donors (Lipinski definition) is 0. The highest BCUT2D eigenvalue weighted by Crippen LogP contribution is 2.20. The molecule has 1 saturated heterocycles. The maximum absolute atomic E-state index is 8.96. The minimum absolute atomic E-state index is 0.647. The maximum atomic E-state index is 8.96. The van der Waals surface area contributed by atoms with Crippen molar-refractivity contribution < 1.29 is 0 Å². The summed E-state index contributed by atoms with van der Waals surface area (Å²) in [5.74, 6) is 1.87. The third-order valence-electron chi connectivity index (χ3n) is 3.65. The number of nitriles is 1. The predicted octanol–water partition coefficient (Wildman–Crippen LogP) is 1.38. The van der Waals surface area contributed by atoms with Gasteiger partial charge in [0.25, 0.3) is 0 Å². The summed E-state index contributed by atoms with van der Waals surface area (Å²) in [6.07, 6.45) is 5.12. The molecule has 0 saturated carbocycles. The van der Waals surface area contributed by atoms with E-state index in [2.05, 4.69) is 30.8 Å². The molecular formula is C15H16N6. The zero-order valence-corrected chi connectivity index (χ0v) is 11.9. The van der Waals surface area contributed by atoms with Gasteiger partial charge in [-0.05, 0) is 19.1 Å². The molecule has 0 unspecified atom stereocenters. The highest BCUT2D eigenvalue weighted by atomic mass is 15.3. The molecule has 3 heterocycles. The first-order valence-corrected chi connectivity index (χ1v) is 6.90. The number of aryl methyl sites for hydroxylation is 1.